The zero-order valence-corrected chi connectivity index (χ0v) is 8.29. The van der Waals surface area contributed by atoms with Crippen LogP contribution in [0.5, 0.6) is 0 Å². The second-order valence-corrected chi connectivity index (χ2v) is 3.40. The predicted molar refractivity (Wildman–Crippen MR) is 50.5 cm³/mol. The van der Waals surface area contributed by atoms with Gasteiger partial charge in [0, 0.05) is 6.04 Å². The van der Waals surface area contributed by atoms with E-state index in [0.717, 1.165) is 19.3 Å². The molecule has 2 atom stereocenters. The fraction of sp³-hybridized carbons (Fsp3) is 0.778. The van der Waals surface area contributed by atoms with Crippen molar-refractivity contribution in [2.45, 2.75) is 32.2 Å². The Morgan fingerprint density at radius 2 is 2.21 bits per heavy atom. The van der Waals surface area contributed by atoms with E-state index >= 15 is 0 Å². The van der Waals surface area contributed by atoms with Gasteiger partial charge in [0.05, 0.1) is 12.5 Å². The van der Waals surface area contributed by atoms with E-state index < -0.39 is 6.03 Å². The average molecular weight is 200 g/mol. The lowest BCUT2D eigenvalue weighted by molar-refractivity contribution is -0.148. The Morgan fingerprint density at radius 1 is 1.50 bits per heavy atom. The number of carbonyl (C=O) groups is 2. The van der Waals surface area contributed by atoms with E-state index in [0.29, 0.717) is 6.61 Å². The summed E-state index contributed by atoms with van der Waals surface area (Å²) in [4.78, 5) is 22.1. The van der Waals surface area contributed by atoms with E-state index in [1.54, 1.807) is 6.92 Å². The molecule has 1 fully saturated rings. The van der Waals surface area contributed by atoms with Crippen molar-refractivity contribution in [3.63, 3.8) is 0 Å². The zero-order valence-electron chi connectivity index (χ0n) is 8.29. The summed E-state index contributed by atoms with van der Waals surface area (Å²) in [5, 5.41) is 2.57. The maximum Gasteiger partial charge on any atom is 0.312 e. The van der Waals surface area contributed by atoms with E-state index in [9.17, 15) is 9.59 Å². The number of esters is 1. The Hall–Kier alpha value is -1.26. The summed E-state index contributed by atoms with van der Waals surface area (Å²) in [6.45, 7) is 2.14. The number of nitrogens with two attached hydrogens (primary N) is 1. The summed E-state index contributed by atoms with van der Waals surface area (Å²) in [6.07, 6.45) is 2.49. The molecule has 5 nitrogen and oxygen atoms in total. The number of hydrogen-bond acceptors (Lipinski definition) is 3. The lowest BCUT2D eigenvalue weighted by Crippen LogP contribution is -2.43. The highest BCUT2D eigenvalue weighted by atomic mass is 16.5. The highest BCUT2D eigenvalue weighted by Crippen LogP contribution is 2.26. The first-order chi connectivity index (χ1) is 6.65. The molecule has 1 aliphatic rings. The van der Waals surface area contributed by atoms with Gasteiger partial charge in [0.1, 0.15) is 0 Å². The number of ether oxygens (including phenoxy) is 1. The predicted octanol–water partition coefficient (Wildman–Crippen LogP) is 0.387. The summed E-state index contributed by atoms with van der Waals surface area (Å²) < 4.78 is 4.91. The van der Waals surface area contributed by atoms with Gasteiger partial charge in [-0.2, -0.15) is 0 Å². The third kappa shape index (κ3) is 2.61. The molecule has 5 heteroatoms. The van der Waals surface area contributed by atoms with Gasteiger partial charge in [0.25, 0.3) is 0 Å². The summed E-state index contributed by atoms with van der Waals surface area (Å²) in [5.74, 6) is -0.453. The lowest BCUT2D eigenvalue weighted by atomic mass is 10.0. The van der Waals surface area contributed by atoms with Gasteiger partial charge in [0.2, 0.25) is 0 Å². The Labute approximate surface area is 83.0 Å². The van der Waals surface area contributed by atoms with Gasteiger partial charge >= 0.3 is 12.0 Å². The Balaban J connectivity index is 2.50. The summed E-state index contributed by atoms with van der Waals surface area (Å²) in [7, 11) is 0. The first-order valence-corrected chi connectivity index (χ1v) is 4.87. The van der Waals surface area contributed by atoms with Crippen LogP contribution in [-0.2, 0) is 9.53 Å². The fourth-order valence-corrected chi connectivity index (χ4v) is 1.85. The number of primary amides is 1. The maximum absolute atomic E-state index is 11.4. The molecule has 3 N–H and O–H groups in total. The van der Waals surface area contributed by atoms with Gasteiger partial charge in [-0.1, -0.05) is 6.42 Å². The van der Waals surface area contributed by atoms with Gasteiger partial charge in [-0.3, -0.25) is 4.79 Å². The summed E-state index contributed by atoms with van der Waals surface area (Å²) >= 11 is 0. The van der Waals surface area contributed by atoms with Crippen molar-refractivity contribution in [2.75, 3.05) is 6.61 Å². The van der Waals surface area contributed by atoms with E-state index in [4.69, 9.17) is 10.5 Å². The van der Waals surface area contributed by atoms with Crippen LogP contribution < -0.4 is 11.1 Å². The normalized spacial score (nSPS) is 25.8. The minimum absolute atomic E-state index is 0.147. The first-order valence-electron chi connectivity index (χ1n) is 4.87. The van der Waals surface area contributed by atoms with Gasteiger partial charge < -0.3 is 15.8 Å². The first kappa shape index (κ1) is 10.8. The van der Waals surface area contributed by atoms with Gasteiger partial charge in [-0.25, -0.2) is 4.79 Å². The third-order valence-corrected chi connectivity index (χ3v) is 2.43. The van der Waals surface area contributed by atoms with Gasteiger partial charge in [-0.05, 0) is 19.8 Å². The molecule has 0 aromatic carbocycles. The van der Waals surface area contributed by atoms with Crippen molar-refractivity contribution in [2.24, 2.45) is 11.7 Å². The molecule has 0 aliphatic heterocycles. The van der Waals surface area contributed by atoms with Gasteiger partial charge in [0.15, 0.2) is 0 Å². The highest BCUT2D eigenvalue weighted by Gasteiger charge is 2.34. The molecule has 0 heterocycles. The second kappa shape index (κ2) is 4.83. The molecule has 1 saturated carbocycles. The van der Waals surface area contributed by atoms with Crippen LogP contribution in [0.1, 0.15) is 26.2 Å². The van der Waals surface area contributed by atoms with Crippen LogP contribution in [0.15, 0.2) is 0 Å². The minimum Gasteiger partial charge on any atom is -0.466 e. The largest absolute Gasteiger partial charge is 0.466 e. The number of rotatable bonds is 3. The van der Waals surface area contributed by atoms with E-state index in [-0.39, 0.29) is 17.9 Å². The Bertz CT molecular complexity index is 230. The van der Waals surface area contributed by atoms with E-state index in [1.165, 1.54) is 0 Å². The number of carbonyl (C=O) groups excluding carboxylic acids is 2. The molecule has 0 aromatic heterocycles. The summed E-state index contributed by atoms with van der Waals surface area (Å²) in [5.41, 5.74) is 5.01. The van der Waals surface area contributed by atoms with Crippen molar-refractivity contribution in [1.29, 1.82) is 0 Å². The maximum atomic E-state index is 11.4. The smallest absolute Gasteiger partial charge is 0.312 e. The molecular weight excluding hydrogens is 184 g/mol. The van der Waals surface area contributed by atoms with Gasteiger partial charge in [-0.15, -0.1) is 0 Å². The highest BCUT2D eigenvalue weighted by molar-refractivity contribution is 5.76. The van der Waals surface area contributed by atoms with Crippen LogP contribution in [0, 0.1) is 5.92 Å². The molecule has 1 aliphatic carbocycles. The van der Waals surface area contributed by atoms with Crippen LogP contribution in [-0.4, -0.2) is 24.6 Å². The molecule has 1 rings (SSSR count). The molecule has 0 spiro atoms. The van der Waals surface area contributed by atoms with Crippen molar-refractivity contribution >= 4 is 12.0 Å². The number of hydrogen-bond donors (Lipinski definition) is 2. The zero-order chi connectivity index (χ0) is 10.6. The lowest BCUT2D eigenvalue weighted by Gasteiger charge is -2.18. The second-order valence-electron chi connectivity index (χ2n) is 3.40. The molecule has 14 heavy (non-hydrogen) atoms. The molecule has 0 unspecified atom stereocenters. The fourth-order valence-electron chi connectivity index (χ4n) is 1.85. The molecule has 0 radical (unpaired) electrons. The molecule has 0 bridgehead atoms. The Kier molecular flexibility index (Phi) is 3.73. The topological polar surface area (TPSA) is 81.4 Å². The van der Waals surface area contributed by atoms with Crippen molar-refractivity contribution < 1.29 is 14.3 Å². The van der Waals surface area contributed by atoms with Crippen molar-refractivity contribution in [3.8, 4) is 0 Å². The molecular formula is C9H16N2O3. The monoisotopic (exact) mass is 200 g/mol. The molecule has 0 aromatic rings. The van der Waals surface area contributed by atoms with Crippen molar-refractivity contribution in [1.82, 2.24) is 5.32 Å². The average Bonchev–Trinajstić information content (AvgIpc) is 2.51. The Morgan fingerprint density at radius 3 is 2.79 bits per heavy atom. The minimum atomic E-state index is -0.578. The molecule has 2 amide bonds. The molecule has 0 saturated heterocycles. The number of urea groups is 1. The summed E-state index contributed by atoms with van der Waals surface area (Å²) in [6, 6.07) is -0.724. The quantitative estimate of drug-likeness (QED) is 0.646. The van der Waals surface area contributed by atoms with E-state index in [1.807, 2.05) is 0 Å². The third-order valence-electron chi connectivity index (χ3n) is 2.43. The van der Waals surface area contributed by atoms with Crippen LogP contribution >= 0.6 is 0 Å². The van der Waals surface area contributed by atoms with Crippen LogP contribution in [0.25, 0.3) is 0 Å². The SMILES string of the molecule is CCOC(=O)[C@H]1CCC[C@H]1NC(N)=O. The number of nitrogens with one attached hydrogen (secondary N) is 1. The standard InChI is InChI=1S/C9H16N2O3/c1-2-14-8(12)6-4-3-5-7(6)11-9(10)13/h6-7H,2-5H2,1H3,(H3,10,11,13)/t6-,7+/m0/s1. The van der Waals surface area contributed by atoms with Crippen molar-refractivity contribution in [3.05, 3.63) is 0 Å². The number of amides is 2. The van der Waals surface area contributed by atoms with Crippen LogP contribution in [0.3, 0.4) is 0 Å². The van der Waals surface area contributed by atoms with Crippen LogP contribution in [0.2, 0.25) is 0 Å². The van der Waals surface area contributed by atoms with Crippen LogP contribution in [0.4, 0.5) is 4.79 Å². The molecule has 80 valence electrons. The van der Waals surface area contributed by atoms with E-state index in [2.05, 4.69) is 5.32 Å².